The molecule has 1 aromatic rings. The third kappa shape index (κ3) is 3.52. The number of ether oxygens (including phenoxy) is 1. The van der Waals surface area contributed by atoms with Crippen LogP contribution >= 0.6 is 0 Å². The summed E-state index contributed by atoms with van der Waals surface area (Å²) in [4.78, 5) is 12.1. The smallest absolute Gasteiger partial charge is 0.404 e. The minimum atomic E-state index is -0.552. The molecule has 1 N–H and O–H groups in total. The SMILES string of the molecule is CC1(C)CN(Cc2ccc([N+](=O)[O-])o2)CC(CO)O1. The highest BCUT2D eigenvalue weighted by atomic mass is 16.6. The second kappa shape index (κ2) is 5.28. The fourth-order valence-corrected chi connectivity index (χ4v) is 2.40. The van der Waals surface area contributed by atoms with E-state index >= 15 is 0 Å². The minimum absolute atomic E-state index is 0.0434. The number of rotatable bonds is 4. The summed E-state index contributed by atoms with van der Waals surface area (Å²) in [7, 11) is 0. The summed E-state index contributed by atoms with van der Waals surface area (Å²) >= 11 is 0. The average molecular weight is 270 g/mol. The van der Waals surface area contributed by atoms with E-state index in [2.05, 4.69) is 4.90 Å². The maximum Gasteiger partial charge on any atom is 0.433 e. The van der Waals surface area contributed by atoms with Gasteiger partial charge in [-0.1, -0.05) is 0 Å². The van der Waals surface area contributed by atoms with Crippen molar-refractivity contribution < 1.29 is 19.2 Å². The second-order valence-electron chi connectivity index (χ2n) is 5.35. The van der Waals surface area contributed by atoms with Crippen molar-refractivity contribution in [2.24, 2.45) is 0 Å². The molecule has 1 saturated heterocycles. The second-order valence-corrected chi connectivity index (χ2v) is 5.35. The molecule has 2 rings (SSSR count). The Kier molecular flexibility index (Phi) is 3.88. The van der Waals surface area contributed by atoms with Crippen molar-refractivity contribution in [3.63, 3.8) is 0 Å². The maximum absolute atomic E-state index is 10.6. The number of aliphatic hydroxyl groups is 1. The molecular formula is C12H18N2O5. The first-order valence-electron chi connectivity index (χ1n) is 6.14. The molecule has 1 aliphatic heterocycles. The predicted molar refractivity (Wildman–Crippen MR) is 66.7 cm³/mol. The van der Waals surface area contributed by atoms with Gasteiger partial charge in [-0.2, -0.15) is 0 Å². The summed E-state index contributed by atoms with van der Waals surface area (Å²) in [5.74, 6) is 0.294. The van der Waals surface area contributed by atoms with Gasteiger partial charge < -0.3 is 14.3 Å². The monoisotopic (exact) mass is 270 g/mol. The van der Waals surface area contributed by atoms with Crippen LogP contribution in [0.25, 0.3) is 0 Å². The Morgan fingerprint density at radius 3 is 2.89 bits per heavy atom. The molecule has 7 nitrogen and oxygen atoms in total. The van der Waals surface area contributed by atoms with Crippen LogP contribution in [-0.4, -0.2) is 46.3 Å². The Labute approximate surface area is 110 Å². The highest BCUT2D eigenvalue weighted by molar-refractivity contribution is 5.17. The predicted octanol–water partition coefficient (Wildman–Crippen LogP) is 1.16. The lowest BCUT2D eigenvalue weighted by atomic mass is 10.1. The van der Waals surface area contributed by atoms with Crippen molar-refractivity contribution in [3.05, 3.63) is 28.0 Å². The van der Waals surface area contributed by atoms with Gasteiger partial charge in [0.1, 0.15) is 10.7 Å². The molecule has 0 aromatic carbocycles. The number of furan rings is 1. The molecule has 0 bridgehead atoms. The van der Waals surface area contributed by atoms with Gasteiger partial charge in [0.25, 0.3) is 0 Å². The summed E-state index contributed by atoms with van der Waals surface area (Å²) in [6.45, 7) is 5.58. The van der Waals surface area contributed by atoms with E-state index in [1.807, 2.05) is 13.8 Å². The Morgan fingerprint density at radius 2 is 2.32 bits per heavy atom. The molecular weight excluding hydrogens is 252 g/mol. The first-order chi connectivity index (χ1) is 8.89. The summed E-state index contributed by atoms with van der Waals surface area (Å²) in [5.41, 5.74) is -0.357. The highest BCUT2D eigenvalue weighted by Gasteiger charge is 2.33. The molecule has 7 heteroatoms. The first kappa shape index (κ1) is 14.0. The van der Waals surface area contributed by atoms with Crippen LogP contribution < -0.4 is 0 Å². The number of morpholine rings is 1. The van der Waals surface area contributed by atoms with Gasteiger partial charge in [0.15, 0.2) is 0 Å². The number of nitrogens with zero attached hydrogens (tertiary/aromatic N) is 2. The van der Waals surface area contributed by atoms with Crippen molar-refractivity contribution in [2.75, 3.05) is 19.7 Å². The molecule has 2 heterocycles. The third-order valence-corrected chi connectivity index (χ3v) is 2.96. The zero-order valence-electron chi connectivity index (χ0n) is 11.0. The van der Waals surface area contributed by atoms with E-state index in [9.17, 15) is 15.2 Å². The zero-order chi connectivity index (χ0) is 14.0. The number of hydrogen-bond acceptors (Lipinski definition) is 6. The molecule has 0 aliphatic carbocycles. The molecule has 1 fully saturated rings. The van der Waals surface area contributed by atoms with Crippen LogP contribution in [0.4, 0.5) is 5.88 Å². The van der Waals surface area contributed by atoms with E-state index in [0.29, 0.717) is 25.4 Å². The fraction of sp³-hybridized carbons (Fsp3) is 0.667. The van der Waals surface area contributed by atoms with Gasteiger partial charge in [-0.15, -0.1) is 0 Å². The van der Waals surface area contributed by atoms with Crippen LogP contribution in [0.5, 0.6) is 0 Å². The lowest BCUT2D eigenvalue weighted by molar-refractivity contribution is -0.402. The number of nitro groups is 1. The van der Waals surface area contributed by atoms with E-state index in [4.69, 9.17) is 9.15 Å². The van der Waals surface area contributed by atoms with E-state index < -0.39 is 4.92 Å². The fourth-order valence-electron chi connectivity index (χ4n) is 2.40. The Bertz CT molecular complexity index is 457. The summed E-state index contributed by atoms with van der Waals surface area (Å²) in [6.07, 6.45) is -0.242. The van der Waals surface area contributed by atoms with Gasteiger partial charge in [-0.3, -0.25) is 15.0 Å². The number of hydrogen-bond donors (Lipinski definition) is 1. The van der Waals surface area contributed by atoms with Gasteiger partial charge in [0.2, 0.25) is 0 Å². The molecule has 1 aromatic heterocycles. The highest BCUT2D eigenvalue weighted by Crippen LogP contribution is 2.24. The standard InChI is InChI=1S/C12H18N2O5/c1-12(2)8-13(6-10(7-15)19-12)5-9-3-4-11(18-9)14(16)17/h3-4,10,15H,5-8H2,1-2H3. The minimum Gasteiger partial charge on any atom is -0.404 e. The Hall–Kier alpha value is -1.44. The molecule has 19 heavy (non-hydrogen) atoms. The molecule has 0 radical (unpaired) electrons. The molecule has 1 aliphatic rings. The van der Waals surface area contributed by atoms with Crippen LogP contribution in [0.2, 0.25) is 0 Å². The molecule has 0 spiro atoms. The van der Waals surface area contributed by atoms with Gasteiger partial charge >= 0.3 is 5.88 Å². The summed E-state index contributed by atoms with van der Waals surface area (Å²) in [5, 5.41) is 19.8. The van der Waals surface area contributed by atoms with Crippen LogP contribution in [0.15, 0.2) is 16.5 Å². The van der Waals surface area contributed by atoms with Crippen LogP contribution in [0.1, 0.15) is 19.6 Å². The van der Waals surface area contributed by atoms with Crippen molar-refractivity contribution >= 4 is 5.88 Å². The topological polar surface area (TPSA) is 89.0 Å². The Balaban J connectivity index is 2.02. The zero-order valence-corrected chi connectivity index (χ0v) is 11.0. The van der Waals surface area contributed by atoms with Gasteiger partial charge in [0.05, 0.1) is 30.9 Å². The Morgan fingerprint density at radius 1 is 1.58 bits per heavy atom. The van der Waals surface area contributed by atoms with Crippen LogP contribution in [-0.2, 0) is 11.3 Å². The van der Waals surface area contributed by atoms with E-state index in [0.717, 1.165) is 0 Å². The normalized spacial score (nSPS) is 23.4. The largest absolute Gasteiger partial charge is 0.433 e. The lowest BCUT2D eigenvalue weighted by Crippen LogP contribution is -2.53. The lowest BCUT2D eigenvalue weighted by Gasteiger charge is -2.41. The van der Waals surface area contributed by atoms with Crippen molar-refractivity contribution in [3.8, 4) is 0 Å². The number of aliphatic hydroxyl groups excluding tert-OH is 1. The van der Waals surface area contributed by atoms with E-state index in [1.165, 1.54) is 6.07 Å². The van der Waals surface area contributed by atoms with Crippen molar-refractivity contribution in [1.29, 1.82) is 0 Å². The molecule has 1 atom stereocenters. The third-order valence-electron chi connectivity index (χ3n) is 2.96. The van der Waals surface area contributed by atoms with Crippen molar-refractivity contribution in [2.45, 2.75) is 32.1 Å². The van der Waals surface area contributed by atoms with Gasteiger partial charge in [0, 0.05) is 13.1 Å². The first-order valence-corrected chi connectivity index (χ1v) is 6.14. The molecule has 0 amide bonds. The summed E-state index contributed by atoms with van der Waals surface area (Å²) in [6, 6.07) is 2.96. The summed E-state index contributed by atoms with van der Waals surface area (Å²) < 4.78 is 10.8. The average Bonchev–Trinajstić information content (AvgIpc) is 2.75. The van der Waals surface area contributed by atoms with Gasteiger partial charge in [-0.05, 0) is 19.9 Å². The van der Waals surface area contributed by atoms with E-state index in [-0.39, 0.29) is 24.2 Å². The van der Waals surface area contributed by atoms with Gasteiger partial charge in [-0.25, -0.2) is 0 Å². The van der Waals surface area contributed by atoms with Crippen LogP contribution in [0, 0.1) is 10.1 Å². The molecule has 1 unspecified atom stereocenters. The van der Waals surface area contributed by atoms with E-state index in [1.54, 1.807) is 6.07 Å². The quantitative estimate of drug-likeness (QED) is 0.652. The molecule has 0 saturated carbocycles. The molecule has 106 valence electrons. The van der Waals surface area contributed by atoms with Crippen LogP contribution in [0.3, 0.4) is 0 Å². The van der Waals surface area contributed by atoms with Crippen molar-refractivity contribution in [1.82, 2.24) is 4.90 Å². The maximum atomic E-state index is 10.6.